The second kappa shape index (κ2) is 229. The Morgan fingerprint density at radius 1 is 0.273 bits per heavy atom. The molecule has 0 radical (unpaired) electrons. The van der Waals surface area contributed by atoms with Gasteiger partial charge in [0.1, 0.15) is 0 Å². The van der Waals surface area contributed by atoms with E-state index in [1.807, 2.05) is 0 Å². The van der Waals surface area contributed by atoms with E-state index in [1.165, 1.54) is 0 Å². The fourth-order valence-corrected chi connectivity index (χ4v) is 0. The van der Waals surface area contributed by atoms with E-state index in [1.54, 1.807) is 0 Å². The van der Waals surface area contributed by atoms with Gasteiger partial charge in [-0.05, 0) is 0 Å². The summed E-state index contributed by atoms with van der Waals surface area (Å²) in [5, 5.41) is 0. The summed E-state index contributed by atoms with van der Waals surface area (Å²) >= 11 is 0. The molecule has 0 unspecified atom stereocenters. The van der Waals surface area contributed by atoms with Crippen LogP contribution in [0.1, 0.15) is 0 Å². The summed E-state index contributed by atoms with van der Waals surface area (Å²) in [6, 6.07) is 0. The molecule has 56 valence electrons. The first kappa shape index (κ1) is 291. The summed E-state index contributed by atoms with van der Waals surface area (Å²) < 4.78 is 0. The average molecular weight is 262 g/mol. The Labute approximate surface area is 130 Å². The van der Waals surface area contributed by atoms with Crippen LogP contribution in [0.5, 0.6) is 0 Å². The minimum absolute atomic E-state index is 0. The molecule has 0 atom stereocenters. The molecule has 0 heterocycles. The molecule has 0 bridgehead atoms. The minimum atomic E-state index is 0. The molecule has 0 amide bonds. The van der Waals surface area contributed by atoms with Gasteiger partial charge in [-0.15, -0.1) is 0 Å². The molecule has 0 saturated heterocycles. The van der Waals surface area contributed by atoms with E-state index in [4.69, 9.17) is 0 Å². The Morgan fingerprint density at radius 3 is 0.273 bits per heavy atom. The van der Waals surface area contributed by atoms with Gasteiger partial charge in [0.15, 0.2) is 0 Å². The van der Waals surface area contributed by atoms with Crippen molar-refractivity contribution in [1.29, 1.82) is 0 Å². The smallest absolute Gasteiger partial charge is 2.00 e. The molecule has 0 aromatic heterocycles. The van der Waals surface area contributed by atoms with E-state index < -0.39 is 0 Å². The van der Waals surface area contributed by atoms with Crippen molar-refractivity contribution in [2.45, 2.75) is 0 Å². The van der Waals surface area contributed by atoms with Crippen molar-refractivity contribution in [2.24, 2.45) is 0 Å². The van der Waals surface area contributed by atoms with Crippen molar-refractivity contribution in [3.63, 3.8) is 0 Å². The molecule has 0 aliphatic rings. The van der Waals surface area contributed by atoms with Crippen LogP contribution >= 0.6 is 0 Å². The van der Waals surface area contributed by atoms with Gasteiger partial charge in [-0.1, -0.05) is 0 Å². The number of rotatable bonds is 0. The molecule has 0 spiro atoms. The van der Waals surface area contributed by atoms with Crippen molar-refractivity contribution in [1.82, 2.24) is 0 Å². The quantitative estimate of drug-likeness (QED) is 0.373. The van der Waals surface area contributed by atoms with Gasteiger partial charge in [0.2, 0.25) is 0 Å². The van der Waals surface area contributed by atoms with E-state index in [0.29, 0.717) is 0 Å². The first-order valence-electron chi connectivity index (χ1n) is 0. The molecule has 0 aromatic carbocycles. The predicted octanol–water partition coefficient (Wildman–Crippen LogP) is -6.83. The predicted molar refractivity (Wildman–Crippen MR) is 4.81 cm³/mol. The first-order chi connectivity index (χ1) is 0. The second-order valence-corrected chi connectivity index (χ2v) is 0. The maximum atomic E-state index is 0. The third-order valence-corrected chi connectivity index (χ3v) is 0. The summed E-state index contributed by atoms with van der Waals surface area (Å²) in [6.07, 6.45) is 0. The third kappa shape index (κ3) is 192. The van der Waals surface area contributed by atoms with Crippen LogP contribution in [0.4, 0.5) is 0 Å². The van der Waals surface area contributed by atoms with E-state index in [9.17, 15) is 0 Å². The van der Waals surface area contributed by atoms with Gasteiger partial charge in [-0.25, -0.2) is 0 Å². The molecule has 0 saturated carbocycles. The van der Waals surface area contributed by atoms with E-state index in [2.05, 4.69) is 0 Å². The zero-order valence-corrected chi connectivity index (χ0v) is 12.2. The zero-order chi connectivity index (χ0) is 0. The summed E-state index contributed by atoms with van der Waals surface area (Å²) in [7, 11) is 0. The number of hydrogen-bond acceptors (Lipinski definition) is 0. The van der Waals surface area contributed by atoms with E-state index in [0.717, 1.165) is 0 Å². The number of hydrogen-bond donors (Lipinski definition) is 0. The molecule has 0 N–H and O–H groups in total. The fourth-order valence-electron chi connectivity index (χ4n) is 0. The van der Waals surface area contributed by atoms with Crippen molar-refractivity contribution >= 4 is 0 Å². The first-order valence-corrected chi connectivity index (χ1v) is 0. The topological polar surface area (TPSA) is 200 Å². The largest absolute Gasteiger partial charge is 6.00 e. The van der Waals surface area contributed by atoms with Crippen molar-refractivity contribution in [3.05, 3.63) is 0 Å². The van der Waals surface area contributed by atoms with Crippen LogP contribution in [-0.4, -0.2) is 0 Å². The monoisotopic (exact) mass is 262 g/mol. The van der Waals surface area contributed by atoms with Gasteiger partial charge in [0.25, 0.3) is 0 Å². The Kier molecular flexibility index (Phi) is 6050. The maximum Gasteiger partial charge on any atom is 6.00 e. The SMILES string of the molecule is [Cr+6].[Cr+6].[Na+].[Na+].[O-2].[O-2].[O-2].[O-2].[O-2].[O-2].[O-2]. The third-order valence-electron chi connectivity index (χ3n) is 0. The zero-order valence-electron chi connectivity index (χ0n) is 5.67. The molecular weight excluding hydrogens is 262 g/mol. The molecule has 0 aromatic rings. The van der Waals surface area contributed by atoms with Crippen LogP contribution in [0.15, 0.2) is 0 Å². The summed E-state index contributed by atoms with van der Waals surface area (Å²) in [6.45, 7) is 0. The summed E-state index contributed by atoms with van der Waals surface area (Å²) in [5.41, 5.74) is 0. The van der Waals surface area contributed by atoms with Gasteiger partial charge in [-0.3, -0.25) is 0 Å². The molecule has 0 rings (SSSR count). The maximum absolute atomic E-state index is 0. The Balaban J connectivity index is 0. The van der Waals surface area contributed by atoms with Crippen LogP contribution in [0.2, 0.25) is 0 Å². The van der Waals surface area contributed by atoms with Crippen LogP contribution in [-0.2, 0) is 73.1 Å². The standard InChI is InChI=1S/2Cr.2Na.7O/q2*+6;2*+1;7*-2. The van der Waals surface area contributed by atoms with Gasteiger partial charge in [0, 0.05) is 0 Å². The van der Waals surface area contributed by atoms with Crippen LogP contribution in [0, 0.1) is 0 Å². The molecule has 0 aliphatic heterocycles. The summed E-state index contributed by atoms with van der Waals surface area (Å²) in [5.74, 6) is 0. The van der Waals surface area contributed by atoms with Crippen molar-refractivity contribution in [3.8, 4) is 0 Å². The molecule has 0 aliphatic carbocycles. The van der Waals surface area contributed by atoms with Gasteiger partial charge >= 0.3 is 93.8 Å². The van der Waals surface area contributed by atoms with Gasteiger partial charge < -0.3 is 38.3 Å². The normalized spacial score (nSPS) is 0. The molecule has 7 nitrogen and oxygen atoms in total. The average Bonchev–Trinajstić information content (AvgIpc) is 0. The fraction of sp³-hybridized carbons (Fsp3) is 0. The second-order valence-electron chi connectivity index (χ2n) is 0. The Morgan fingerprint density at radius 2 is 0.273 bits per heavy atom. The van der Waals surface area contributed by atoms with Crippen LogP contribution < -0.4 is 59.1 Å². The van der Waals surface area contributed by atoms with E-state index >= 15 is 0 Å². The Hall–Kier alpha value is 2.78. The minimum Gasteiger partial charge on any atom is -2.00 e. The van der Waals surface area contributed by atoms with Gasteiger partial charge in [0.05, 0.1) is 0 Å². The van der Waals surface area contributed by atoms with Crippen molar-refractivity contribution in [2.75, 3.05) is 0 Å². The molecular formula is Cr2Na2O7. The van der Waals surface area contributed by atoms with Crippen LogP contribution in [0.3, 0.4) is 0 Å². The molecule has 11 heavy (non-hydrogen) atoms. The Bertz CT molecular complexity index is 14.4. The van der Waals surface area contributed by atoms with Crippen molar-refractivity contribution < 1.29 is 132 Å². The van der Waals surface area contributed by atoms with Gasteiger partial charge in [-0.2, -0.15) is 0 Å². The van der Waals surface area contributed by atoms with Crippen LogP contribution in [0.25, 0.3) is 0 Å². The molecule has 0 fully saturated rings. The molecule has 11 heteroatoms. The van der Waals surface area contributed by atoms with E-state index in [-0.39, 0.29) is 132 Å². The summed E-state index contributed by atoms with van der Waals surface area (Å²) in [4.78, 5) is 0.